The summed E-state index contributed by atoms with van der Waals surface area (Å²) in [4.78, 5) is 26.4. The Labute approximate surface area is 248 Å². The van der Waals surface area contributed by atoms with E-state index in [0.717, 1.165) is 6.21 Å². The molecule has 2 heterocycles. The maximum absolute atomic E-state index is 13.2. The number of aliphatic hydroxyl groups excluding tert-OH is 2. The number of rotatable bonds is 14. The maximum Gasteiger partial charge on any atom is 0.284 e. The van der Waals surface area contributed by atoms with E-state index in [1.165, 1.54) is 9.36 Å². The molecule has 0 aliphatic heterocycles. The molecule has 2 atom stereocenters. The smallest absolute Gasteiger partial charge is 0.284 e. The van der Waals surface area contributed by atoms with E-state index < -0.39 is 12.6 Å². The highest BCUT2D eigenvalue weighted by molar-refractivity contribution is 5.76. The summed E-state index contributed by atoms with van der Waals surface area (Å²) in [5.41, 5.74) is 2.54. The standard InChI is InChI=1S/C31H36N6O6/c1-4-42-30(40)20-11-9-13-22(17-20)36-28(38)24(26(19-32)34-36)15-7-6-8-16-25-27(33-3)35-37(29(25)39)23-14-10-12-21(18-23)31(41)43-5-2/h6-14,16-19,30-32,34-35,40-41H,3-5,15,33H2,1-2H3. The number of allylic oxidation sites excluding steroid dienone is 3. The van der Waals surface area contributed by atoms with Gasteiger partial charge in [0.1, 0.15) is 5.56 Å². The Balaban J connectivity index is 1.54. The number of nitrogens with zero attached hydrogens (tertiary/aromatic N) is 2. The van der Waals surface area contributed by atoms with E-state index in [2.05, 4.69) is 17.2 Å². The zero-order chi connectivity index (χ0) is 30.9. The van der Waals surface area contributed by atoms with Crippen molar-refractivity contribution in [3.63, 3.8) is 0 Å². The van der Waals surface area contributed by atoms with Crippen LogP contribution in [0.5, 0.6) is 0 Å². The van der Waals surface area contributed by atoms with Crippen molar-refractivity contribution in [1.29, 1.82) is 5.41 Å². The minimum Gasteiger partial charge on any atom is -0.429 e. The maximum atomic E-state index is 13.2. The Kier molecular flexibility index (Phi) is 10.6. The van der Waals surface area contributed by atoms with Gasteiger partial charge >= 0.3 is 0 Å². The Morgan fingerprint density at radius 3 is 2.05 bits per heavy atom. The number of ether oxygens (including phenoxy) is 2. The molecule has 12 nitrogen and oxygen atoms in total. The fourth-order valence-corrected chi connectivity index (χ4v) is 4.51. The number of nitrogens with one attached hydrogen (secondary N) is 3. The molecule has 0 amide bonds. The third-order valence-corrected chi connectivity index (χ3v) is 6.63. The summed E-state index contributed by atoms with van der Waals surface area (Å²) in [6, 6.07) is 13.6. The first kappa shape index (κ1) is 31.3. The topological polar surface area (TPSA) is 175 Å². The van der Waals surface area contributed by atoms with Crippen LogP contribution in [0.2, 0.25) is 0 Å². The van der Waals surface area contributed by atoms with Crippen molar-refractivity contribution in [2.24, 2.45) is 0 Å². The van der Waals surface area contributed by atoms with Gasteiger partial charge in [-0.05, 0) is 50.6 Å². The van der Waals surface area contributed by atoms with Crippen LogP contribution in [0, 0.1) is 12.5 Å². The molecule has 0 saturated carbocycles. The van der Waals surface area contributed by atoms with Crippen molar-refractivity contribution < 1.29 is 25.0 Å². The predicted octanol–water partition coefficient (Wildman–Crippen LogP) is 2.50. The summed E-state index contributed by atoms with van der Waals surface area (Å²) in [5, 5.41) is 35.6. The molecule has 2 unspecified atom stereocenters. The van der Waals surface area contributed by atoms with Gasteiger partial charge in [0.15, 0.2) is 12.6 Å². The number of aromatic nitrogens is 4. The average Bonchev–Trinajstić information content (AvgIpc) is 3.52. The SMILES string of the molecule is [CH2-][NH2+]c1[nH]n(-c2cccc(C(O)OCC)c2)c(=O)c1C=CC=CCc1c(C=N)[nH]n(-c2cccc(C(O)OCC)c2)c1=O. The second-order valence-electron chi connectivity index (χ2n) is 9.37. The van der Waals surface area contributed by atoms with E-state index in [-0.39, 0.29) is 17.5 Å². The van der Waals surface area contributed by atoms with Crippen molar-refractivity contribution >= 4 is 18.1 Å². The van der Waals surface area contributed by atoms with Gasteiger partial charge in [0.25, 0.3) is 11.1 Å². The van der Waals surface area contributed by atoms with Gasteiger partial charge < -0.3 is 30.4 Å². The van der Waals surface area contributed by atoms with Crippen LogP contribution in [-0.4, -0.2) is 49.2 Å². The van der Waals surface area contributed by atoms with E-state index in [4.69, 9.17) is 14.9 Å². The van der Waals surface area contributed by atoms with Crippen LogP contribution >= 0.6 is 0 Å². The summed E-state index contributed by atoms with van der Waals surface area (Å²) in [7, 11) is 3.80. The lowest BCUT2D eigenvalue weighted by molar-refractivity contribution is -0.509. The van der Waals surface area contributed by atoms with E-state index in [9.17, 15) is 19.8 Å². The molecule has 0 bridgehead atoms. The second-order valence-corrected chi connectivity index (χ2v) is 9.37. The lowest BCUT2D eigenvalue weighted by atomic mass is 10.1. The Morgan fingerprint density at radius 2 is 1.51 bits per heavy atom. The number of benzene rings is 2. The van der Waals surface area contributed by atoms with Gasteiger partial charge in [-0.2, -0.15) is 0 Å². The predicted molar refractivity (Wildman–Crippen MR) is 163 cm³/mol. The monoisotopic (exact) mass is 588 g/mol. The number of quaternary nitrogens is 1. The molecule has 43 heavy (non-hydrogen) atoms. The van der Waals surface area contributed by atoms with E-state index in [0.29, 0.717) is 58.4 Å². The van der Waals surface area contributed by atoms with Gasteiger partial charge in [0, 0.05) is 36.1 Å². The molecular formula is C31H36N6O6. The summed E-state index contributed by atoms with van der Waals surface area (Å²) in [6.45, 7) is 4.23. The zero-order valence-corrected chi connectivity index (χ0v) is 24.0. The normalized spacial score (nSPS) is 13.2. The quantitative estimate of drug-likeness (QED) is 0.0571. The summed E-state index contributed by atoms with van der Waals surface area (Å²) in [5.74, 6) is 0.515. The first-order valence-electron chi connectivity index (χ1n) is 13.8. The highest BCUT2D eigenvalue weighted by Crippen LogP contribution is 2.19. The van der Waals surface area contributed by atoms with E-state index >= 15 is 0 Å². The van der Waals surface area contributed by atoms with Crippen LogP contribution in [-0.2, 0) is 15.9 Å². The molecule has 12 heteroatoms. The lowest BCUT2D eigenvalue weighted by Gasteiger charge is -2.12. The van der Waals surface area contributed by atoms with Crippen molar-refractivity contribution in [1.82, 2.24) is 19.6 Å². The van der Waals surface area contributed by atoms with Crippen LogP contribution in [0.25, 0.3) is 17.5 Å². The summed E-state index contributed by atoms with van der Waals surface area (Å²) < 4.78 is 13.2. The second kappa shape index (κ2) is 14.5. The Morgan fingerprint density at radius 1 is 0.930 bits per heavy atom. The molecule has 4 rings (SSSR count). The zero-order valence-electron chi connectivity index (χ0n) is 24.0. The van der Waals surface area contributed by atoms with Gasteiger partial charge in [-0.25, -0.2) is 14.5 Å². The highest BCUT2D eigenvalue weighted by Gasteiger charge is 2.17. The number of nitrogens with two attached hydrogens (primary N) is 1. The molecule has 0 aliphatic rings. The van der Waals surface area contributed by atoms with Gasteiger partial charge in [-0.15, -0.1) is 7.05 Å². The fraction of sp³-hybridized carbons (Fsp3) is 0.226. The minimum atomic E-state index is -1.11. The number of aliphatic hydroxyl groups is 2. The van der Waals surface area contributed by atoms with E-state index in [1.807, 2.05) is 0 Å². The molecule has 2 aromatic carbocycles. The third kappa shape index (κ3) is 7.08. The van der Waals surface area contributed by atoms with Crippen molar-refractivity contribution in [3.05, 3.63) is 122 Å². The molecule has 7 N–H and O–H groups in total. The molecule has 0 aliphatic carbocycles. The molecule has 226 valence electrons. The largest absolute Gasteiger partial charge is 0.429 e. The Hall–Kier alpha value is -4.59. The van der Waals surface area contributed by atoms with Crippen LogP contribution in [0.3, 0.4) is 0 Å². The number of aromatic amines is 2. The summed E-state index contributed by atoms with van der Waals surface area (Å²) in [6.07, 6.45) is 5.90. The summed E-state index contributed by atoms with van der Waals surface area (Å²) >= 11 is 0. The van der Waals surface area contributed by atoms with E-state index in [1.54, 1.807) is 92.0 Å². The Bertz CT molecular complexity index is 1730. The van der Waals surface area contributed by atoms with Gasteiger partial charge in [-0.3, -0.25) is 14.7 Å². The van der Waals surface area contributed by atoms with Crippen LogP contribution < -0.4 is 16.4 Å². The first-order chi connectivity index (χ1) is 20.8. The third-order valence-electron chi connectivity index (χ3n) is 6.63. The van der Waals surface area contributed by atoms with Gasteiger partial charge in [-0.1, -0.05) is 42.5 Å². The highest BCUT2D eigenvalue weighted by atomic mass is 16.6. The lowest BCUT2D eigenvalue weighted by Crippen LogP contribution is -2.70. The number of hydrogen-bond donors (Lipinski definition) is 6. The van der Waals surface area contributed by atoms with Gasteiger partial charge in [0.2, 0.25) is 5.82 Å². The molecular weight excluding hydrogens is 552 g/mol. The number of hydrogen-bond acceptors (Lipinski definition) is 7. The van der Waals surface area contributed by atoms with Crippen LogP contribution in [0.4, 0.5) is 5.82 Å². The molecule has 0 radical (unpaired) electrons. The number of H-pyrrole nitrogens is 2. The molecule has 0 spiro atoms. The van der Waals surface area contributed by atoms with Crippen LogP contribution in [0.1, 0.15) is 54.4 Å². The molecule has 0 saturated heterocycles. The van der Waals surface area contributed by atoms with Crippen molar-refractivity contribution in [2.45, 2.75) is 32.8 Å². The molecule has 4 aromatic rings. The van der Waals surface area contributed by atoms with Crippen LogP contribution in [0.15, 0.2) is 76.3 Å². The molecule has 2 aromatic heterocycles. The molecule has 0 fully saturated rings. The average molecular weight is 589 g/mol. The van der Waals surface area contributed by atoms with Crippen molar-refractivity contribution in [3.8, 4) is 11.4 Å². The van der Waals surface area contributed by atoms with Gasteiger partial charge in [0.05, 0.1) is 17.1 Å². The first-order valence-corrected chi connectivity index (χ1v) is 13.8. The minimum absolute atomic E-state index is 0.235. The fourth-order valence-electron chi connectivity index (χ4n) is 4.51. The van der Waals surface area contributed by atoms with Crippen molar-refractivity contribution in [2.75, 3.05) is 13.2 Å².